The SMILES string of the molecule is Cc1cc(OCC(=O)Nc2cccc(NC(=O)c3ccccc3)c2)cc(C)c1Cl. The molecular weight excluding hydrogens is 388 g/mol. The third-order valence-corrected chi connectivity index (χ3v) is 4.82. The summed E-state index contributed by atoms with van der Waals surface area (Å²) >= 11 is 6.14. The highest BCUT2D eigenvalue weighted by atomic mass is 35.5. The molecule has 5 nitrogen and oxygen atoms in total. The van der Waals surface area contributed by atoms with Crippen molar-refractivity contribution in [3.8, 4) is 5.75 Å². The molecular formula is C23H21ClN2O3. The first-order valence-corrected chi connectivity index (χ1v) is 9.46. The molecule has 3 aromatic carbocycles. The van der Waals surface area contributed by atoms with Crippen LogP contribution in [0.4, 0.5) is 11.4 Å². The summed E-state index contributed by atoms with van der Waals surface area (Å²) in [5, 5.41) is 6.27. The summed E-state index contributed by atoms with van der Waals surface area (Å²) in [6, 6.07) is 19.4. The lowest BCUT2D eigenvalue weighted by Crippen LogP contribution is -2.20. The largest absolute Gasteiger partial charge is 0.484 e. The van der Waals surface area contributed by atoms with E-state index in [4.69, 9.17) is 16.3 Å². The monoisotopic (exact) mass is 408 g/mol. The van der Waals surface area contributed by atoms with Crippen LogP contribution in [-0.4, -0.2) is 18.4 Å². The number of carbonyl (C=O) groups excluding carboxylic acids is 2. The normalized spacial score (nSPS) is 10.3. The van der Waals surface area contributed by atoms with Gasteiger partial charge in [-0.3, -0.25) is 9.59 Å². The second kappa shape index (κ2) is 9.26. The molecule has 2 amide bonds. The summed E-state index contributed by atoms with van der Waals surface area (Å²) in [4.78, 5) is 24.5. The van der Waals surface area contributed by atoms with Crippen molar-refractivity contribution in [1.29, 1.82) is 0 Å². The van der Waals surface area contributed by atoms with E-state index in [1.165, 1.54) is 0 Å². The van der Waals surface area contributed by atoms with Crippen molar-refractivity contribution in [3.63, 3.8) is 0 Å². The number of amides is 2. The Morgan fingerprint density at radius 3 is 2.14 bits per heavy atom. The first kappa shape index (κ1) is 20.4. The van der Waals surface area contributed by atoms with Crippen LogP contribution in [0.3, 0.4) is 0 Å². The van der Waals surface area contributed by atoms with Crippen LogP contribution in [0, 0.1) is 13.8 Å². The molecule has 0 aromatic heterocycles. The highest BCUT2D eigenvalue weighted by Crippen LogP contribution is 2.26. The second-order valence-electron chi connectivity index (χ2n) is 6.61. The van der Waals surface area contributed by atoms with Crippen LogP contribution < -0.4 is 15.4 Å². The zero-order chi connectivity index (χ0) is 20.8. The van der Waals surface area contributed by atoms with E-state index < -0.39 is 0 Å². The van der Waals surface area contributed by atoms with Crippen molar-refractivity contribution < 1.29 is 14.3 Å². The lowest BCUT2D eigenvalue weighted by Gasteiger charge is -2.11. The van der Waals surface area contributed by atoms with Gasteiger partial charge in [0, 0.05) is 22.0 Å². The van der Waals surface area contributed by atoms with Gasteiger partial charge >= 0.3 is 0 Å². The highest BCUT2D eigenvalue weighted by molar-refractivity contribution is 6.32. The number of hydrogen-bond donors (Lipinski definition) is 2. The first-order valence-electron chi connectivity index (χ1n) is 9.08. The highest BCUT2D eigenvalue weighted by Gasteiger charge is 2.09. The molecule has 0 fully saturated rings. The molecule has 0 aliphatic carbocycles. The number of carbonyl (C=O) groups is 2. The van der Waals surface area contributed by atoms with E-state index in [0.717, 1.165) is 11.1 Å². The number of anilines is 2. The minimum absolute atomic E-state index is 0.138. The number of hydrogen-bond acceptors (Lipinski definition) is 3. The van der Waals surface area contributed by atoms with Crippen LogP contribution in [0.15, 0.2) is 66.7 Å². The molecule has 0 heterocycles. The molecule has 0 aliphatic heterocycles. The Morgan fingerprint density at radius 1 is 0.862 bits per heavy atom. The molecule has 6 heteroatoms. The molecule has 3 aromatic rings. The van der Waals surface area contributed by atoms with Gasteiger partial charge in [-0.1, -0.05) is 35.9 Å². The molecule has 0 saturated carbocycles. The third-order valence-electron chi connectivity index (χ3n) is 4.22. The Bertz CT molecular complexity index is 1010. The van der Waals surface area contributed by atoms with E-state index in [9.17, 15) is 9.59 Å². The molecule has 148 valence electrons. The summed E-state index contributed by atoms with van der Waals surface area (Å²) in [6.45, 7) is 3.64. The zero-order valence-electron chi connectivity index (χ0n) is 16.2. The van der Waals surface area contributed by atoms with Gasteiger partial charge in [-0.25, -0.2) is 0 Å². The van der Waals surface area contributed by atoms with Crippen LogP contribution in [0.1, 0.15) is 21.5 Å². The van der Waals surface area contributed by atoms with Gasteiger partial charge in [-0.2, -0.15) is 0 Å². The number of halogens is 1. The van der Waals surface area contributed by atoms with Gasteiger partial charge in [-0.05, 0) is 67.4 Å². The van der Waals surface area contributed by atoms with Crippen molar-refractivity contribution in [1.82, 2.24) is 0 Å². The van der Waals surface area contributed by atoms with Gasteiger partial charge in [-0.15, -0.1) is 0 Å². The van der Waals surface area contributed by atoms with Crippen LogP contribution in [0.2, 0.25) is 5.02 Å². The third kappa shape index (κ3) is 5.59. The maximum absolute atomic E-state index is 12.3. The summed E-state index contributed by atoms with van der Waals surface area (Å²) in [5.74, 6) is 0.0658. The maximum Gasteiger partial charge on any atom is 0.262 e. The van der Waals surface area contributed by atoms with Gasteiger partial charge in [0.1, 0.15) is 5.75 Å². The quantitative estimate of drug-likeness (QED) is 0.587. The molecule has 0 saturated heterocycles. The summed E-state index contributed by atoms with van der Waals surface area (Å²) < 4.78 is 5.57. The number of benzene rings is 3. The van der Waals surface area contributed by atoms with Gasteiger partial charge < -0.3 is 15.4 Å². The predicted octanol–water partition coefficient (Wildman–Crippen LogP) is 5.23. The molecule has 0 spiro atoms. The Balaban J connectivity index is 1.58. The minimum atomic E-state index is -0.304. The minimum Gasteiger partial charge on any atom is -0.484 e. The van der Waals surface area contributed by atoms with E-state index in [2.05, 4.69) is 10.6 Å². The molecule has 2 N–H and O–H groups in total. The van der Waals surface area contributed by atoms with Crippen molar-refractivity contribution in [2.45, 2.75) is 13.8 Å². The molecule has 0 aliphatic rings. The zero-order valence-corrected chi connectivity index (χ0v) is 16.9. The Hall–Kier alpha value is -3.31. The van der Waals surface area contributed by atoms with Gasteiger partial charge in [0.05, 0.1) is 0 Å². The molecule has 3 rings (SSSR count). The fourth-order valence-electron chi connectivity index (χ4n) is 2.80. The molecule has 29 heavy (non-hydrogen) atoms. The standard InChI is InChI=1S/C23H21ClN2O3/c1-15-11-20(12-16(2)22(15)24)29-14-21(27)25-18-9-6-10-19(13-18)26-23(28)17-7-4-3-5-8-17/h3-13H,14H2,1-2H3,(H,25,27)(H,26,28). The topological polar surface area (TPSA) is 67.4 Å². The number of rotatable bonds is 6. The first-order chi connectivity index (χ1) is 13.9. The van der Waals surface area contributed by atoms with Gasteiger partial charge in [0.15, 0.2) is 6.61 Å². The molecule has 0 atom stereocenters. The average molecular weight is 409 g/mol. The van der Waals surface area contributed by atoms with E-state index in [1.807, 2.05) is 19.9 Å². The van der Waals surface area contributed by atoms with Crippen LogP contribution in [0.5, 0.6) is 5.75 Å². The number of ether oxygens (including phenoxy) is 1. The lowest BCUT2D eigenvalue weighted by atomic mass is 10.1. The number of aryl methyl sites for hydroxylation is 2. The van der Waals surface area contributed by atoms with E-state index >= 15 is 0 Å². The van der Waals surface area contributed by atoms with E-state index in [-0.39, 0.29) is 18.4 Å². The Morgan fingerprint density at radius 2 is 1.48 bits per heavy atom. The summed E-state index contributed by atoms with van der Waals surface area (Å²) in [5.41, 5.74) is 3.49. The summed E-state index contributed by atoms with van der Waals surface area (Å²) in [6.07, 6.45) is 0. The fraction of sp³-hybridized carbons (Fsp3) is 0.130. The van der Waals surface area contributed by atoms with Crippen molar-refractivity contribution in [3.05, 3.63) is 88.4 Å². The predicted molar refractivity (Wildman–Crippen MR) is 116 cm³/mol. The smallest absolute Gasteiger partial charge is 0.262 e. The average Bonchev–Trinajstić information content (AvgIpc) is 2.71. The van der Waals surface area contributed by atoms with Gasteiger partial charge in [0.2, 0.25) is 0 Å². The van der Waals surface area contributed by atoms with Crippen molar-refractivity contribution >= 4 is 34.8 Å². The Kier molecular flexibility index (Phi) is 6.52. The summed E-state index contributed by atoms with van der Waals surface area (Å²) in [7, 11) is 0. The second-order valence-corrected chi connectivity index (χ2v) is 6.99. The molecule has 0 bridgehead atoms. The van der Waals surface area contributed by atoms with Gasteiger partial charge in [0.25, 0.3) is 11.8 Å². The Labute approximate surface area is 174 Å². The van der Waals surface area contributed by atoms with E-state index in [0.29, 0.717) is 27.7 Å². The van der Waals surface area contributed by atoms with Crippen LogP contribution in [0.25, 0.3) is 0 Å². The van der Waals surface area contributed by atoms with E-state index in [1.54, 1.807) is 60.7 Å². The number of nitrogens with one attached hydrogen (secondary N) is 2. The molecule has 0 unspecified atom stereocenters. The lowest BCUT2D eigenvalue weighted by molar-refractivity contribution is -0.118. The van der Waals surface area contributed by atoms with Crippen LogP contribution in [-0.2, 0) is 4.79 Å². The van der Waals surface area contributed by atoms with Crippen molar-refractivity contribution in [2.24, 2.45) is 0 Å². The maximum atomic E-state index is 12.3. The molecule has 0 radical (unpaired) electrons. The van der Waals surface area contributed by atoms with Crippen LogP contribution >= 0.6 is 11.6 Å². The van der Waals surface area contributed by atoms with Crippen molar-refractivity contribution in [2.75, 3.05) is 17.2 Å². The fourth-order valence-corrected chi connectivity index (χ4v) is 2.91.